The smallest absolute Gasteiger partial charge is 0.379 e. The second-order valence-corrected chi connectivity index (χ2v) is 6.29. The fourth-order valence-corrected chi connectivity index (χ4v) is 1.91. The summed E-state index contributed by atoms with van der Waals surface area (Å²) >= 11 is 0. The topological polar surface area (TPSA) is 165 Å². The first-order valence-electron chi connectivity index (χ1n) is 2.68. The number of hydrogen-bond acceptors (Lipinski definition) is 8. The maximum Gasteiger partial charge on any atom is 2.00 e. The van der Waals surface area contributed by atoms with Crippen molar-refractivity contribution in [2.24, 2.45) is 0 Å². The van der Waals surface area contributed by atoms with E-state index in [0.717, 1.165) is 8.25 Å². The summed E-state index contributed by atoms with van der Waals surface area (Å²) in [4.78, 5) is 0. The van der Waals surface area contributed by atoms with Crippen LogP contribution < -0.4 is 0 Å². The Balaban J connectivity index is -0.000000256. The van der Waals surface area contributed by atoms with Crippen LogP contribution in [0.5, 0.6) is 0 Å². The molecule has 0 amide bonds. The molecule has 0 bridgehead atoms. The van der Waals surface area contributed by atoms with Crippen molar-refractivity contribution in [3.63, 3.8) is 0 Å². The minimum absolute atomic E-state index is 0. The fourth-order valence-electron chi connectivity index (χ4n) is 0.213. The molecular weight excluding hydrogens is 400 g/mol. The van der Waals surface area contributed by atoms with E-state index in [-0.39, 0.29) is 37.7 Å². The quantitative estimate of drug-likeness (QED) is 0.336. The Morgan fingerprint density at radius 1 is 0.474 bits per heavy atom. The van der Waals surface area contributed by atoms with Gasteiger partial charge in [-0.1, -0.05) is 0 Å². The average Bonchev–Trinajstić information content (AvgIpc) is 1.64. The van der Waals surface area contributed by atoms with E-state index in [9.17, 15) is 49.2 Å². The molecular formula is CaF4N2O8S4. The third-order valence-corrected chi connectivity index (χ3v) is 3.21. The predicted molar refractivity (Wildman–Crippen MR) is 52.6 cm³/mol. The molecule has 0 aromatic heterocycles. The largest absolute Gasteiger partial charge is 2.00 e. The molecule has 0 N–H and O–H groups in total. The Kier molecular flexibility index (Phi) is 10.7. The van der Waals surface area contributed by atoms with E-state index in [2.05, 4.69) is 0 Å². The van der Waals surface area contributed by atoms with Gasteiger partial charge in [-0.25, -0.2) is 33.7 Å². The zero-order valence-electron chi connectivity index (χ0n) is 8.01. The molecule has 0 aromatic rings. The van der Waals surface area contributed by atoms with E-state index >= 15 is 0 Å². The van der Waals surface area contributed by atoms with Crippen molar-refractivity contribution in [1.29, 1.82) is 0 Å². The van der Waals surface area contributed by atoms with Crippen LogP contribution in [0.2, 0.25) is 0 Å². The summed E-state index contributed by atoms with van der Waals surface area (Å²) in [5.41, 5.74) is 0. The monoisotopic (exact) mass is 400 g/mol. The van der Waals surface area contributed by atoms with Gasteiger partial charge in [-0.15, -0.1) is 15.5 Å². The van der Waals surface area contributed by atoms with Crippen molar-refractivity contribution in [2.75, 3.05) is 0 Å². The van der Waals surface area contributed by atoms with Gasteiger partial charge in [0.25, 0.3) is 0 Å². The first-order chi connectivity index (χ1) is 7.41. The first kappa shape index (κ1) is 24.7. The molecule has 19 heteroatoms. The molecule has 0 saturated heterocycles. The van der Waals surface area contributed by atoms with Crippen LogP contribution in [0.25, 0.3) is 8.25 Å². The second kappa shape index (κ2) is 8.22. The minimum atomic E-state index is -5.62. The third kappa shape index (κ3) is 32.3. The maximum absolute atomic E-state index is 11.1. The van der Waals surface area contributed by atoms with Crippen LogP contribution in [0.4, 0.5) is 15.5 Å². The van der Waals surface area contributed by atoms with E-state index in [0.29, 0.717) is 0 Å². The predicted octanol–water partition coefficient (Wildman–Crippen LogP) is -0.803. The van der Waals surface area contributed by atoms with E-state index in [1.165, 1.54) is 0 Å². The molecule has 0 atom stereocenters. The summed E-state index contributed by atoms with van der Waals surface area (Å²) in [6, 6.07) is 0. The van der Waals surface area contributed by atoms with Gasteiger partial charge >= 0.3 is 37.7 Å². The van der Waals surface area contributed by atoms with Crippen LogP contribution in [-0.4, -0.2) is 71.4 Å². The van der Waals surface area contributed by atoms with Crippen molar-refractivity contribution < 1.29 is 49.2 Å². The van der Waals surface area contributed by atoms with Crippen molar-refractivity contribution in [3.05, 3.63) is 8.25 Å². The molecule has 0 spiro atoms. The molecule has 0 aromatic carbocycles. The van der Waals surface area contributed by atoms with E-state index < -0.39 is 41.6 Å². The van der Waals surface area contributed by atoms with Crippen LogP contribution in [0.15, 0.2) is 0 Å². The van der Waals surface area contributed by atoms with Gasteiger partial charge in [0.05, 0.1) is 0 Å². The van der Waals surface area contributed by atoms with E-state index in [4.69, 9.17) is 0 Å². The van der Waals surface area contributed by atoms with E-state index in [1.54, 1.807) is 0 Å². The normalized spacial score (nSPS) is 12.8. The SMILES string of the molecule is O=S(=O)(F)[N-]S(=O)(=O)F.O=S(=O)(F)[N-]S(=O)(=O)F.[Ca+2]. The first-order valence-corrected chi connectivity index (χ1v) is 8.04. The molecule has 0 radical (unpaired) electrons. The van der Waals surface area contributed by atoms with Gasteiger partial charge in [-0.3, -0.25) is 0 Å². The zero-order chi connectivity index (χ0) is 15.4. The van der Waals surface area contributed by atoms with Gasteiger partial charge in [0, 0.05) is 0 Å². The third-order valence-electron chi connectivity index (χ3n) is 0.356. The van der Waals surface area contributed by atoms with Crippen molar-refractivity contribution in [2.45, 2.75) is 0 Å². The number of rotatable bonds is 4. The molecule has 0 heterocycles. The fraction of sp³-hybridized carbons (Fsp3) is 0. The summed E-state index contributed by atoms with van der Waals surface area (Å²) in [5, 5.41) is 0. The van der Waals surface area contributed by atoms with Crippen molar-refractivity contribution in [1.82, 2.24) is 0 Å². The number of nitrogens with zero attached hydrogens (tertiary/aromatic N) is 2. The number of hydrogen-bond donors (Lipinski definition) is 0. The zero-order valence-corrected chi connectivity index (χ0v) is 13.5. The van der Waals surface area contributed by atoms with Gasteiger partial charge in [-0.2, -0.15) is 0 Å². The summed E-state index contributed by atoms with van der Waals surface area (Å²) < 4.78 is 120. The molecule has 19 heavy (non-hydrogen) atoms. The summed E-state index contributed by atoms with van der Waals surface area (Å²) in [6.07, 6.45) is 0. The van der Waals surface area contributed by atoms with Crippen LogP contribution in [0, 0.1) is 0 Å². The molecule has 0 aliphatic heterocycles. The molecule has 112 valence electrons. The molecule has 0 rings (SSSR count). The Labute approximate surface area is 135 Å². The van der Waals surface area contributed by atoms with Crippen LogP contribution in [0.1, 0.15) is 0 Å². The van der Waals surface area contributed by atoms with E-state index in [1.807, 2.05) is 0 Å². The van der Waals surface area contributed by atoms with Crippen LogP contribution in [-0.2, 0) is 41.6 Å². The maximum atomic E-state index is 11.1. The average molecular weight is 400 g/mol. The molecule has 0 aliphatic carbocycles. The molecule has 0 aliphatic rings. The molecule has 0 saturated carbocycles. The van der Waals surface area contributed by atoms with Crippen molar-refractivity contribution in [3.8, 4) is 0 Å². The van der Waals surface area contributed by atoms with Gasteiger partial charge in [0.2, 0.25) is 41.6 Å². The molecule has 0 fully saturated rings. The molecule has 10 nitrogen and oxygen atoms in total. The van der Waals surface area contributed by atoms with Crippen molar-refractivity contribution >= 4 is 79.4 Å². The Bertz CT molecular complexity index is 551. The van der Waals surface area contributed by atoms with Gasteiger partial charge in [0.1, 0.15) is 0 Å². The Morgan fingerprint density at radius 2 is 0.579 bits per heavy atom. The summed E-state index contributed by atoms with van der Waals surface area (Å²) in [5.74, 6) is 0. The minimum Gasteiger partial charge on any atom is -0.379 e. The Hall–Kier alpha value is 0.700. The molecule has 0 unspecified atom stereocenters. The number of halogens is 4. The standard InChI is InChI=1S/Ca.2F2NO4S2/c;2*1-8(4,5)3-9(2,6)7/q+2;2*-1. The second-order valence-electron chi connectivity index (χ2n) is 1.80. The Morgan fingerprint density at radius 3 is 0.579 bits per heavy atom. The van der Waals surface area contributed by atoms with Gasteiger partial charge < -0.3 is 8.25 Å². The van der Waals surface area contributed by atoms with Crippen LogP contribution in [0.3, 0.4) is 0 Å². The van der Waals surface area contributed by atoms with Gasteiger partial charge in [0.15, 0.2) is 0 Å². The van der Waals surface area contributed by atoms with Gasteiger partial charge in [-0.05, 0) is 0 Å². The summed E-state index contributed by atoms with van der Waals surface area (Å²) in [7, 11) is -22.5. The summed E-state index contributed by atoms with van der Waals surface area (Å²) in [6.45, 7) is 0. The van der Waals surface area contributed by atoms with Crippen LogP contribution >= 0.6 is 0 Å².